The maximum absolute atomic E-state index is 12.1. The number of aryl methyl sites for hydroxylation is 2. The zero-order valence-corrected chi connectivity index (χ0v) is 12.6. The van der Waals surface area contributed by atoms with Gasteiger partial charge in [0.05, 0.1) is 11.5 Å². The lowest BCUT2D eigenvalue weighted by Crippen LogP contribution is -2.08. The predicted octanol–water partition coefficient (Wildman–Crippen LogP) is 3.71. The third-order valence-electron chi connectivity index (χ3n) is 3.38. The summed E-state index contributed by atoms with van der Waals surface area (Å²) in [6.45, 7) is 4.41. The molecule has 0 aliphatic heterocycles. The first kappa shape index (κ1) is 12.8. The summed E-state index contributed by atoms with van der Waals surface area (Å²) in [5.41, 5.74) is 3.76. The minimum absolute atomic E-state index is 0.170. The number of nitrogens with zero attached hydrogens (tertiary/aromatic N) is 1. The number of rotatable bonds is 3. The SMILES string of the molecule is CCOC(=O)c1sc(CC)c2c1CCc1cnsc1-2. The van der Waals surface area contributed by atoms with Crippen LogP contribution in [0, 0.1) is 0 Å². The van der Waals surface area contributed by atoms with Crippen LogP contribution in [0.3, 0.4) is 0 Å². The van der Waals surface area contributed by atoms with Gasteiger partial charge in [-0.15, -0.1) is 11.3 Å². The molecule has 5 heteroatoms. The molecule has 0 saturated carbocycles. The molecule has 0 saturated heterocycles. The van der Waals surface area contributed by atoms with Crippen molar-refractivity contribution in [2.24, 2.45) is 0 Å². The maximum atomic E-state index is 12.1. The average molecular weight is 293 g/mol. The van der Waals surface area contributed by atoms with Crippen molar-refractivity contribution >= 4 is 28.8 Å². The van der Waals surface area contributed by atoms with Crippen LogP contribution in [-0.4, -0.2) is 16.9 Å². The van der Waals surface area contributed by atoms with Gasteiger partial charge in [-0.2, -0.15) is 0 Å². The van der Waals surface area contributed by atoms with E-state index in [0.29, 0.717) is 6.61 Å². The normalized spacial score (nSPS) is 12.9. The van der Waals surface area contributed by atoms with Crippen LogP contribution in [0.25, 0.3) is 10.4 Å². The lowest BCUT2D eigenvalue weighted by molar-refractivity contribution is 0.0531. The topological polar surface area (TPSA) is 39.2 Å². The van der Waals surface area contributed by atoms with E-state index in [1.165, 1.54) is 26.4 Å². The van der Waals surface area contributed by atoms with Crippen molar-refractivity contribution in [3.8, 4) is 10.4 Å². The van der Waals surface area contributed by atoms with Gasteiger partial charge in [-0.05, 0) is 48.8 Å². The van der Waals surface area contributed by atoms with E-state index >= 15 is 0 Å². The van der Waals surface area contributed by atoms with Crippen LogP contribution in [0.2, 0.25) is 0 Å². The van der Waals surface area contributed by atoms with Gasteiger partial charge in [0.1, 0.15) is 4.88 Å². The zero-order chi connectivity index (χ0) is 13.4. The highest BCUT2D eigenvalue weighted by Crippen LogP contribution is 2.44. The quantitative estimate of drug-likeness (QED) is 0.810. The maximum Gasteiger partial charge on any atom is 0.348 e. The molecule has 3 nitrogen and oxygen atoms in total. The Labute approximate surface area is 120 Å². The molecular formula is C14H15NO2S2. The molecule has 1 aliphatic carbocycles. The Morgan fingerprint density at radius 3 is 3.00 bits per heavy atom. The van der Waals surface area contributed by atoms with E-state index in [-0.39, 0.29) is 5.97 Å². The molecule has 2 aromatic heterocycles. The lowest BCUT2D eigenvalue weighted by atomic mass is 9.91. The number of ether oxygens (including phenoxy) is 1. The molecule has 100 valence electrons. The molecule has 0 bridgehead atoms. The first-order valence-corrected chi connectivity index (χ1v) is 8.10. The molecule has 0 amide bonds. The number of hydrogen-bond acceptors (Lipinski definition) is 5. The summed E-state index contributed by atoms with van der Waals surface area (Å²) in [4.78, 5) is 15.4. The van der Waals surface area contributed by atoms with Crippen LogP contribution in [0.15, 0.2) is 6.20 Å². The number of carbonyl (C=O) groups is 1. The van der Waals surface area contributed by atoms with E-state index in [1.807, 2.05) is 13.1 Å². The number of hydrogen-bond donors (Lipinski definition) is 0. The summed E-state index contributed by atoms with van der Waals surface area (Å²) in [7, 11) is 0. The van der Waals surface area contributed by atoms with Crippen LogP contribution in [-0.2, 0) is 24.0 Å². The molecule has 19 heavy (non-hydrogen) atoms. The minimum atomic E-state index is -0.170. The van der Waals surface area contributed by atoms with Crippen molar-refractivity contribution in [2.75, 3.05) is 6.61 Å². The van der Waals surface area contributed by atoms with Gasteiger partial charge < -0.3 is 4.74 Å². The number of carbonyl (C=O) groups excluding carboxylic acids is 1. The first-order chi connectivity index (χ1) is 9.26. The Hall–Kier alpha value is -1.20. The molecular weight excluding hydrogens is 278 g/mol. The highest BCUT2D eigenvalue weighted by atomic mass is 32.1. The average Bonchev–Trinajstić information content (AvgIpc) is 3.02. The molecule has 0 fully saturated rings. The summed E-state index contributed by atoms with van der Waals surface area (Å²) >= 11 is 3.14. The number of aromatic nitrogens is 1. The fraction of sp³-hybridized carbons (Fsp3) is 0.429. The molecule has 0 aromatic carbocycles. The Morgan fingerprint density at radius 1 is 1.42 bits per heavy atom. The number of thiophene rings is 1. The van der Waals surface area contributed by atoms with Crippen molar-refractivity contribution in [1.82, 2.24) is 4.37 Å². The van der Waals surface area contributed by atoms with Crippen LogP contribution in [0.4, 0.5) is 0 Å². The molecule has 1 aliphatic rings. The largest absolute Gasteiger partial charge is 0.462 e. The second-order valence-electron chi connectivity index (χ2n) is 4.46. The van der Waals surface area contributed by atoms with Gasteiger partial charge >= 0.3 is 5.97 Å². The molecule has 0 unspecified atom stereocenters. The zero-order valence-electron chi connectivity index (χ0n) is 11.0. The number of esters is 1. The Morgan fingerprint density at radius 2 is 2.26 bits per heavy atom. The third kappa shape index (κ3) is 2.01. The van der Waals surface area contributed by atoms with Crippen molar-refractivity contribution in [1.29, 1.82) is 0 Å². The van der Waals surface area contributed by atoms with E-state index in [9.17, 15) is 4.79 Å². The Kier molecular flexibility index (Phi) is 3.41. The lowest BCUT2D eigenvalue weighted by Gasteiger charge is -2.13. The fourth-order valence-corrected chi connectivity index (χ4v) is 4.68. The third-order valence-corrected chi connectivity index (χ3v) is 5.59. The first-order valence-electron chi connectivity index (χ1n) is 6.51. The van der Waals surface area contributed by atoms with E-state index in [0.717, 1.165) is 24.1 Å². The van der Waals surface area contributed by atoms with Gasteiger partial charge in [0, 0.05) is 16.6 Å². The Balaban J connectivity index is 2.15. The van der Waals surface area contributed by atoms with Crippen LogP contribution in [0.1, 0.15) is 39.5 Å². The molecule has 2 aromatic rings. The fourth-order valence-electron chi connectivity index (χ4n) is 2.53. The van der Waals surface area contributed by atoms with Gasteiger partial charge in [-0.1, -0.05) is 6.92 Å². The summed E-state index contributed by atoms with van der Waals surface area (Å²) in [5, 5.41) is 0. The van der Waals surface area contributed by atoms with Crippen molar-refractivity contribution in [3.05, 3.63) is 27.1 Å². The highest BCUT2D eigenvalue weighted by Gasteiger charge is 2.29. The summed E-state index contributed by atoms with van der Waals surface area (Å²) in [6, 6.07) is 0. The predicted molar refractivity (Wildman–Crippen MR) is 78.2 cm³/mol. The molecule has 0 N–H and O–H groups in total. The van der Waals surface area contributed by atoms with Gasteiger partial charge in [0.15, 0.2) is 0 Å². The second-order valence-corrected chi connectivity index (χ2v) is 6.37. The van der Waals surface area contributed by atoms with E-state index < -0.39 is 0 Å². The van der Waals surface area contributed by atoms with Gasteiger partial charge in [0.25, 0.3) is 0 Å². The molecule has 0 spiro atoms. The summed E-state index contributed by atoms with van der Waals surface area (Å²) in [5.74, 6) is -0.170. The standard InChI is InChI=1S/C14H15NO2S2/c1-3-10-11-9(13(18-10)14(16)17-4-2)6-5-8-7-15-19-12(8)11/h7H,3-6H2,1-2H3. The molecule has 3 rings (SSSR count). The van der Waals surface area contributed by atoms with Crippen molar-refractivity contribution in [2.45, 2.75) is 33.1 Å². The summed E-state index contributed by atoms with van der Waals surface area (Å²) < 4.78 is 9.48. The molecule has 2 heterocycles. The van der Waals surface area contributed by atoms with E-state index in [2.05, 4.69) is 11.3 Å². The van der Waals surface area contributed by atoms with Gasteiger partial charge in [-0.25, -0.2) is 9.17 Å². The van der Waals surface area contributed by atoms with Gasteiger partial charge in [-0.3, -0.25) is 0 Å². The van der Waals surface area contributed by atoms with E-state index in [1.54, 1.807) is 22.9 Å². The van der Waals surface area contributed by atoms with Gasteiger partial charge in [0.2, 0.25) is 0 Å². The van der Waals surface area contributed by atoms with Crippen molar-refractivity contribution in [3.63, 3.8) is 0 Å². The van der Waals surface area contributed by atoms with E-state index in [4.69, 9.17) is 4.74 Å². The smallest absolute Gasteiger partial charge is 0.348 e. The monoisotopic (exact) mass is 293 g/mol. The number of fused-ring (bicyclic) bond motifs is 3. The highest BCUT2D eigenvalue weighted by molar-refractivity contribution is 7.15. The van der Waals surface area contributed by atoms with Crippen LogP contribution >= 0.6 is 22.9 Å². The van der Waals surface area contributed by atoms with Crippen molar-refractivity contribution < 1.29 is 9.53 Å². The van der Waals surface area contributed by atoms with Crippen LogP contribution in [0.5, 0.6) is 0 Å². The van der Waals surface area contributed by atoms with Crippen LogP contribution < -0.4 is 0 Å². The Bertz CT molecular complexity index is 627. The summed E-state index contributed by atoms with van der Waals surface area (Å²) in [6.07, 6.45) is 4.81. The second kappa shape index (κ2) is 5.06. The minimum Gasteiger partial charge on any atom is -0.462 e. The molecule has 0 radical (unpaired) electrons. The molecule has 0 atom stereocenters.